The van der Waals surface area contributed by atoms with Crippen LogP contribution in [0.15, 0.2) is 40.8 Å². The van der Waals surface area contributed by atoms with E-state index in [0.29, 0.717) is 6.04 Å². The zero-order chi connectivity index (χ0) is 13.7. The first-order valence-electron chi connectivity index (χ1n) is 6.83. The average Bonchev–Trinajstić information content (AvgIpc) is 2.90. The highest BCUT2D eigenvalue weighted by Crippen LogP contribution is 2.27. The minimum atomic E-state index is 0.317. The molecule has 102 valence electrons. The summed E-state index contributed by atoms with van der Waals surface area (Å²) in [4.78, 5) is 0. The summed E-state index contributed by atoms with van der Waals surface area (Å²) in [5.41, 5.74) is 1.14. The van der Waals surface area contributed by atoms with Gasteiger partial charge in [-0.3, -0.25) is 0 Å². The van der Waals surface area contributed by atoms with Crippen LogP contribution in [0.2, 0.25) is 0 Å². The van der Waals surface area contributed by atoms with Gasteiger partial charge in [0.1, 0.15) is 11.5 Å². The van der Waals surface area contributed by atoms with Crippen molar-refractivity contribution in [1.82, 2.24) is 5.32 Å². The molecule has 3 heteroatoms. The summed E-state index contributed by atoms with van der Waals surface area (Å²) in [7, 11) is 0. The smallest absolute Gasteiger partial charge is 0.134 e. The van der Waals surface area contributed by atoms with Gasteiger partial charge in [0.05, 0.1) is 6.04 Å². The van der Waals surface area contributed by atoms with E-state index in [4.69, 9.17) is 4.42 Å². The van der Waals surface area contributed by atoms with E-state index < -0.39 is 0 Å². The molecule has 0 amide bonds. The van der Waals surface area contributed by atoms with Gasteiger partial charge in [-0.15, -0.1) is 0 Å². The Labute approximate surface area is 128 Å². The van der Waals surface area contributed by atoms with Gasteiger partial charge in [-0.05, 0) is 66.2 Å². The fraction of sp³-hybridized carbons (Fsp3) is 0.375. The summed E-state index contributed by atoms with van der Waals surface area (Å²) >= 11 is 2.31. The zero-order valence-electron chi connectivity index (χ0n) is 11.4. The largest absolute Gasteiger partial charge is 0.459 e. The number of rotatable bonds is 6. The molecule has 0 spiro atoms. The summed E-state index contributed by atoms with van der Waals surface area (Å²) < 4.78 is 7.23. The zero-order valence-corrected chi connectivity index (χ0v) is 13.6. The minimum absolute atomic E-state index is 0.317. The van der Waals surface area contributed by atoms with Crippen LogP contribution in [0.1, 0.15) is 38.5 Å². The van der Waals surface area contributed by atoms with E-state index in [0.717, 1.165) is 36.5 Å². The third-order valence-electron chi connectivity index (χ3n) is 3.15. The van der Waals surface area contributed by atoms with Crippen molar-refractivity contribution in [2.75, 3.05) is 6.54 Å². The van der Waals surface area contributed by atoms with Crippen molar-refractivity contribution in [3.63, 3.8) is 0 Å². The minimum Gasteiger partial charge on any atom is -0.459 e. The molecule has 0 bridgehead atoms. The second-order valence-electron chi connectivity index (χ2n) is 4.62. The van der Waals surface area contributed by atoms with Gasteiger partial charge in [-0.2, -0.15) is 0 Å². The summed E-state index contributed by atoms with van der Waals surface area (Å²) in [5.74, 6) is 1.98. The van der Waals surface area contributed by atoms with E-state index in [1.54, 1.807) is 0 Å². The van der Waals surface area contributed by atoms with Gasteiger partial charge in [-0.1, -0.05) is 26.0 Å². The first-order valence-corrected chi connectivity index (χ1v) is 7.91. The van der Waals surface area contributed by atoms with Gasteiger partial charge in [0.25, 0.3) is 0 Å². The molecular weight excluding hydrogens is 349 g/mol. The monoisotopic (exact) mass is 369 g/mol. The van der Waals surface area contributed by atoms with Crippen molar-refractivity contribution in [1.29, 1.82) is 0 Å². The topological polar surface area (TPSA) is 25.2 Å². The second kappa shape index (κ2) is 7.10. The molecule has 1 N–H and O–H groups in total. The maximum atomic E-state index is 5.99. The van der Waals surface area contributed by atoms with Crippen LogP contribution in [0.3, 0.4) is 0 Å². The third-order valence-corrected chi connectivity index (χ3v) is 3.87. The van der Waals surface area contributed by atoms with E-state index in [9.17, 15) is 0 Å². The highest BCUT2D eigenvalue weighted by Gasteiger charge is 2.13. The molecule has 0 aliphatic carbocycles. The fourth-order valence-electron chi connectivity index (χ4n) is 2.07. The molecule has 0 aliphatic heterocycles. The van der Waals surface area contributed by atoms with Crippen LogP contribution in [0, 0.1) is 3.57 Å². The van der Waals surface area contributed by atoms with Crippen LogP contribution in [0.5, 0.6) is 0 Å². The Morgan fingerprint density at radius 2 is 1.84 bits per heavy atom. The molecule has 0 fully saturated rings. The molecule has 0 saturated heterocycles. The number of hydrogen-bond acceptors (Lipinski definition) is 2. The summed E-state index contributed by atoms with van der Waals surface area (Å²) in [6, 6.07) is 12.9. The molecular formula is C16H20INO. The molecule has 1 aromatic carbocycles. The first kappa shape index (κ1) is 14.6. The fourth-order valence-corrected chi connectivity index (χ4v) is 2.43. The molecule has 0 aliphatic rings. The maximum absolute atomic E-state index is 5.99. The van der Waals surface area contributed by atoms with E-state index in [1.807, 2.05) is 0 Å². The Morgan fingerprint density at radius 3 is 2.47 bits per heavy atom. The van der Waals surface area contributed by atoms with Crippen molar-refractivity contribution in [3.05, 3.63) is 45.7 Å². The maximum Gasteiger partial charge on any atom is 0.134 e. The SMILES string of the molecule is CCCNC(CC)c1ccc(-c2ccc(I)cc2)o1. The van der Waals surface area contributed by atoms with E-state index in [-0.39, 0.29) is 0 Å². The van der Waals surface area contributed by atoms with Crippen LogP contribution < -0.4 is 5.32 Å². The van der Waals surface area contributed by atoms with E-state index in [1.165, 1.54) is 3.57 Å². The molecule has 2 aromatic rings. The van der Waals surface area contributed by atoms with Crippen molar-refractivity contribution >= 4 is 22.6 Å². The Morgan fingerprint density at radius 1 is 1.11 bits per heavy atom. The lowest BCUT2D eigenvalue weighted by Gasteiger charge is -2.13. The normalized spacial score (nSPS) is 12.6. The Kier molecular flexibility index (Phi) is 5.45. The van der Waals surface area contributed by atoms with Crippen molar-refractivity contribution in [3.8, 4) is 11.3 Å². The summed E-state index contributed by atoms with van der Waals surface area (Å²) in [5, 5.41) is 3.51. The number of furan rings is 1. The van der Waals surface area contributed by atoms with Crippen LogP contribution in [0.4, 0.5) is 0 Å². The molecule has 2 rings (SSSR count). The third kappa shape index (κ3) is 3.83. The van der Waals surface area contributed by atoms with Gasteiger partial charge < -0.3 is 9.73 Å². The van der Waals surface area contributed by atoms with Crippen molar-refractivity contribution in [2.24, 2.45) is 0 Å². The highest BCUT2D eigenvalue weighted by atomic mass is 127. The van der Waals surface area contributed by atoms with E-state index >= 15 is 0 Å². The average molecular weight is 369 g/mol. The molecule has 1 heterocycles. The Balaban J connectivity index is 2.15. The lowest BCUT2D eigenvalue weighted by Crippen LogP contribution is -2.20. The first-order chi connectivity index (χ1) is 9.24. The van der Waals surface area contributed by atoms with Crippen molar-refractivity contribution < 1.29 is 4.42 Å². The van der Waals surface area contributed by atoms with Gasteiger partial charge >= 0.3 is 0 Å². The second-order valence-corrected chi connectivity index (χ2v) is 5.87. The van der Waals surface area contributed by atoms with Crippen LogP contribution in [-0.4, -0.2) is 6.54 Å². The Bertz CT molecular complexity index is 504. The lowest BCUT2D eigenvalue weighted by atomic mass is 10.1. The van der Waals surface area contributed by atoms with Crippen LogP contribution >= 0.6 is 22.6 Å². The predicted molar refractivity (Wildman–Crippen MR) is 88.2 cm³/mol. The van der Waals surface area contributed by atoms with Crippen LogP contribution in [0.25, 0.3) is 11.3 Å². The molecule has 19 heavy (non-hydrogen) atoms. The molecule has 0 radical (unpaired) electrons. The van der Waals surface area contributed by atoms with Gasteiger partial charge in [0.2, 0.25) is 0 Å². The number of benzene rings is 1. The number of nitrogens with one attached hydrogen (secondary N) is 1. The van der Waals surface area contributed by atoms with Crippen molar-refractivity contribution in [2.45, 2.75) is 32.7 Å². The molecule has 1 unspecified atom stereocenters. The van der Waals surface area contributed by atoms with Gasteiger partial charge in [0.15, 0.2) is 0 Å². The van der Waals surface area contributed by atoms with Gasteiger partial charge in [-0.25, -0.2) is 0 Å². The lowest BCUT2D eigenvalue weighted by molar-refractivity contribution is 0.411. The molecule has 1 aromatic heterocycles. The van der Waals surface area contributed by atoms with Crippen LogP contribution in [-0.2, 0) is 0 Å². The standard InChI is InChI=1S/C16H20INO/c1-3-11-18-14(4-2)16-10-9-15(19-16)12-5-7-13(17)8-6-12/h5-10,14,18H,3-4,11H2,1-2H3. The van der Waals surface area contributed by atoms with Gasteiger partial charge in [0, 0.05) is 9.13 Å². The number of hydrogen-bond donors (Lipinski definition) is 1. The molecule has 0 saturated carbocycles. The number of halogens is 1. The highest BCUT2D eigenvalue weighted by molar-refractivity contribution is 14.1. The summed E-state index contributed by atoms with van der Waals surface area (Å²) in [6.45, 7) is 5.39. The molecule has 2 nitrogen and oxygen atoms in total. The summed E-state index contributed by atoms with van der Waals surface area (Å²) in [6.07, 6.45) is 2.18. The Hall–Kier alpha value is -0.810. The molecule has 1 atom stereocenters. The predicted octanol–water partition coefficient (Wildman–Crippen LogP) is 5.00. The quantitative estimate of drug-likeness (QED) is 0.725. The van der Waals surface area contributed by atoms with E-state index in [2.05, 4.69) is 78.2 Å².